The topological polar surface area (TPSA) is 124 Å². The Hall–Kier alpha value is -3.43. The van der Waals surface area contributed by atoms with Crippen molar-refractivity contribution >= 4 is 23.2 Å². The Bertz CT molecular complexity index is 858. The van der Waals surface area contributed by atoms with Gasteiger partial charge in [-0.2, -0.15) is 5.10 Å². The molecule has 10 nitrogen and oxygen atoms in total. The van der Waals surface area contributed by atoms with Crippen molar-refractivity contribution in [3.63, 3.8) is 0 Å². The summed E-state index contributed by atoms with van der Waals surface area (Å²) >= 11 is 0. The summed E-state index contributed by atoms with van der Waals surface area (Å²) in [6, 6.07) is 10.0. The number of hydrogen-bond donors (Lipinski definition) is 2. The number of rotatable bonds is 6. The van der Waals surface area contributed by atoms with Gasteiger partial charge in [-0.1, -0.05) is 18.2 Å². The predicted molar refractivity (Wildman–Crippen MR) is 102 cm³/mol. The normalized spacial score (nSPS) is 14.0. The first-order valence-electron chi connectivity index (χ1n) is 9.02. The standard InChI is InChI=1S/C18H22N6O4/c1-13-17(24(27)28)16(21-20-13)18(26)19-8-7-15(25)23-11-9-22(10-12-23)14-5-3-2-4-6-14/h2-6H,7-12H2,1H3,(H,19,26)(H,20,21). The summed E-state index contributed by atoms with van der Waals surface area (Å²) < 4.78 is 0. The number of hydrogen-bond acceptors (Lipinski definition) is 6. The van der Waals surface area contributed by atoms with Gasteiger partial charge in [0.25, 0.3) is 5.91 Å². The number of nitrogens with one attached hydrogen (secondary N) is 2. The fraction of sp³-hybridized carbons (Fsp3) is 0.389. The minimum absolute atomic E-state index is 0.0549. The van der Waals surface area contributed by atoms with Crippen LogP contribution in [0.25, 0.3) is 0 Å². The van der Waals surface area contributed by atoms with Crippen LogP contribution in [0.3, 0.4) is 0 Å². The van der Waals surface area contributed by atoms with Gasteiger partial charge >= 0.3 is 5.69 Å². The number of nitro groups is 1. The van der Waals surface area contributed by atoms with Gasteiger partial charge < -0.3 is 15.1 Å². The third-order valence-electron chi connectivity index (χ3n) is 4.69. The van der Waals surface area contributed by atoms with Crippen LogP contribution in [-0.4, -0.2) is 64.6 Å². The van der Waals surface area contributed by atoms with Crippen LogP contribution >= 0.6 is 0 Å². The summed E-state index contributed by atoms with van der Waals surface area (Å²) in [6.45, 7) is 4.30. The highest BCUT2D eigenvalue weighted by atomic mass is 16.6. The van der Waals surface area contributed by atoms with E-state index in [2.05, 4.69) is 20.4 Å². The summed E-state index contributed by atoms with van der Waals surface area (Å²) in [4.78, 5) is 38.9. The molecule has 0 aliphatic carbocycles. The summed E-state index contributed by atoms with van der Waals surface area (Å²) in [5.41, 5.74) is 0.729. The number of para-hydroxylation sites is 1. The molecule has 1 aliphatic heterocycles. The Morgan fingerprint density at radius 2 is 1.89 bits per heavy atom. The lowest BCUT2D eigenvalue weighted by atomic mass is 10.2. The van der Waals surface area contributed by atoms with Gasteiger partial charge in [0, 0.05) is 44.8 Å². The molecule has 2 heterocycles. The van der Waals surface area contributed by atoms with Gasteiger partial charge in [-0.05, 0) is 19.1 Å². The van der Waals surface area contributed by atoms with E-state index in [1.54, 1.807) is 4.90 Å². The SMILES string of the molecule is Cc1[nH]nc(C(=O)NCCC(=O)N2CCN(c3ccccc3)CC2)c1[N+](=O)[O-]. The second-order valence-electron chi connectivity index (χ2n) is 6.51. The quantitative estimate of drug-likeness (QED) is 0.566. The highest BCUT2D eigenvalue weighted by Gasteiger charge is 2.27. The zero-order valence-electron chi connectivity index (χ0n) is 15.6. The minimum atomic E-state index is -0.669. The molecule has 2 amide bonds. The lowest BCUT2D eigenvalue weighted by Gasteiger charge is -2.36. The number of aromatic amines is 1. The summed E-state index contributed by atoms with van der Waals surface area (Å²) in [5.74, 6) is -0.724. The van der Waals surface area contributed by atoms with Gasteiger partial charge in [-0.25, -0.2) is 0 Å². The lowest BCUT2D eigenvalue weighted by Crippen LogP contribution is -2.49. The monoisotopic (exact) mass is 386 g/mol. The molecular weight excluding hydrogens is 364 g/mol. The Balaban J connectivity index is 1.45. The van der Waals surface area contributed by atoms with Crippen LogP contribution in [0.5, 0.6) is 0 Å². The molecule has 0 saturated carbocycles. The summed E-state index contributed by atoms with van der Waals surface area (Å²) in [6.07, 6.45) is 0.133. The molecule has 2 N–H and O–H groups in total. The maximum atomic E-state index is 12.4. The summed E-state index contributed by atoms with van der Waals surface area (Å²) in [5, 5.41) is 19.7. The number of amides is 2. The van der Waals surface area contributed by atoms with Gasteiger partial charge in [0.1, 0.15) is 5.69 Å². The van der Waals surface area contributed by atoms with Crippen molar-refractivity contribution in [3.05, 3.63) is 51.8 Å². The van der Waals surface area contributed by atoms with Crippen LogP contribution < -0.4 is 10.2 Å². The predicted octanol–water partition coefficient (Wildman–Crippen LogP) is 1.10. The fourth-order valence-corrected chi connectivity index (χ4v) is 3.18. The van der Waals surface area contributed by atoms with Crippen LogP contribution in [0.1, 0.15) is 22.6 Å². The molecule has 1 aromatic heterocycles. The van der Waals surface area contributed by atoms with Gasteiger partial charge in [0.2, 0.25) is 11.6 Å². The molecule has 0 radical (unpaired) electrons. The molecule has 1 fully saturated rings. The number of anilines is 1. The molecular formula is C18H22N6O4. The molecule has 28 heavy (non-hydrogen) atoms. The third kappa shape index (κ3) is 4.27. The van der Waals surface area contributed by atoms with Crippen molar-refractivity contribution < 1.29 is 14.5 Å². The van der Waals surface area contributed by atoms with E-state index in [0.29, 0.717) is 13.1 Å². The van der Waals surface area contributed by atoms with E-state index in [-0.39, 0.29) is 35.9 Å². The van der Waals surface area contributed by atoms with Crippen molar-refractivity contribution in [3.8, 4) is 0 Å². The minimum Gasteiger partial charge on any atom is -0.368 e. The number of aromatic nitrogens is 2. The Labute approximate surface area is 161 Å². The van der Waals surface area contributed by atoms with Crippen molar-refractivity contribution in [1.29, 1.82) is 0 Å². The number of aryl methyl sites for hydroxylation is 1. The first-order valence-corrected chi connectivity index (χ1v) is 9.02. The van der Waals surface area contributed by atoms with Crippen molar-refractivity contribution in [1.82, 2.24) is 20.4 Å². The van der Waals surface area contributed by atoms with E-state index in [9.17, 15) is 19.7 Å². The number of H-pyrrole nitrogens is 1. The molecule has 3 rings (SSSR count). The van der Waals surface area contributed by atoms with Crippen LogP contribution in [-0.2, 0) is 4.79 Å². The highest BCUT2D eigenvalue weighted by molar-refractivity contribution is 5.96. The van der Waals surface area contributed by atoms with Crippen LogP contribution in [0.15, 0.2) is 30.3 Å². The van der Waals surface area contributed by atoms with Crippen molar-refractivity contribution in [2.75, 3.05) is 37.6 Å². The maximum Gasteiger partial charge on any atom is 0.322 e. The number of nitrogens with zero attached hydrogens (tertiary/aromatic N) is 4. The molecule has 1 aromatic carbocycles. The average Bonchev–Trinajstić information content (AvgIpc) is 3.10. The number of carbonyl (C=O) groups excluding carboxylic acids is 2. The number of benzene rings is 1. The first kappa shape index (κ1) is 19.3. The molecule has 0 bridgehead atoms. The second kappa shape index (κ2) is 8.51. The van der Waals surface area contributed by atoms with E-state index < -0.39 is 10.8 Å². The van der Waals surface area contributed by atoms with Gasteiger partial charge in [-0.3, -0.25) is 24.8 Å². The molecule has 0 spiro atoms. The first-order chi connectivity index (χ1) is 13.5. The largest absolute Gasteiger partial charge is 0.368 e. The maximum absolute atomic E-state index is 12.4. The highest BCUT2D eigenvalue weighted by Crippen LogP contribution is 2.20. The molecule has 1 aliphatic rings. The number of piperazine rings is 1. The van der Waals surface area contributed by atoms with E-state index in [1.165, 1.54) is 6.92 Å². The van der Waals surface area contributed by atoms with Crippen LogP contribution in [0.4, 0.5) is 11.4 Å². The fourth-order valence-electron chi connectivity index (χ4n) is 3.18. The van der Waals surface area contributed by atoms with Crippen molar-refractivity contribution in [2.45, 2.75) is 13.3 Å². The van der Waals surface area contributed by atoms with E-state index in [4.69, 9.17) is 0 Å². The molecule has 148 valence electrons. The molecule has 0 atom stereocenters. The van der Waals surface area contributed by atoms with E-state index in [1.807, 2.05) is 30.3 Å². The smallest absolute Gasteiger partial charge is 0.322 e. The van der Waals surface area contributed by atoms with E-state index in [0.717, 1.165) is 18.8 Å². The van der Waals surface area contributed by atoms with Crippen LogP contribution in [0, 0.1) is 17.0 Å². The van der Waals surface area contributed by atoms with E-state index >= 15 is 0 Å². The van der Waals surface area contributed by atoms with Crippen molar-refractivity contribution in [2.24, 2.45) is 0 Å². The molecule has 2 aromatic rings. The van der Waals surface area contributed by atoms with Gasteiger partial charge in [-0.15, -0.1) is 0 Å². The third-order valence-corrected chi connectivity index (χ3v) is 4.69. The summed E-state index contributed by atoms with van der Waals surface area (Å²) in [7, 11) is 0. The number of carbonyl (C=O) groups is 2. The zero-order valence-corrected chi connectivity index (χ0v) is 15.6. The average molecular weight is 386 g/mol. The lowest BCUT2D eigenvalue weighted by molar-refractivity contribution is -0.385. The Kier molecular flexibility index (Phi) is 5.87. The van der Waals surface area contributed by atoms with Gasteiger partial charge in [0.15, 0.2) is 0 Å². The van der Waals surface area contributed by atoms with Crippen LogP contribution in [0.2, 0.25) is 0 Å². The molecule has 0 unspecified atom stereocenters. The Morgan fingerprint density at radius 1 is 1.21 bits per heavy atom. The Morgan fingerprint density at radius 3 is 2.54 bits per heavy atom. The second-order valence-corrected chi connectivity index (χ2v) is 6.51. The van der Waals surface area contributed by atoms with Gasteiger partial charge in [0.05, 0.1) is 4.92 Å². The zero-order chi connectivity index (χ0) is 20.1. The molecule has 10 heteroatoms. The molecule has 1 saturated heterocycles.